The second-order valence-corrected chi connectivity index (χ2v) is 4.34. The van der Waals surface area contributed by atoms with Crippen molar-refractivity contribution in [1.29, 1.82) is 0 Å². The number of hydrogen-bond acceptors (Lipinski definition) is 2. The summed E-state index contributed by atoms with van der Waals surface area (Å²) in [5, 5.41) is 12.0. The predicted molar refractivity (Wildman–Crippen MR) is 49.5 cm³/mol. The van der Waals surface area contributed by atoms with Crippen LogP contribution in [0.2, 0.25) is 0 Å². The van der Waals surface area contributed by atoms with Crippen LogP contribution in [0.15, 0.2) is 0 Å². The first-order chi connectivity index (χ1) is 6.27. The number of aliphatic carboxylic acids is 1. The second kappa shape index (κ2) is 3.66. The van der Waals surface area contributed by atoms with E-state index in [4.69, 9.17) is 5.11 Å². The third-order valence-corrected chi connectivity index (χ3v) is 3.53. The summed E-state index contributed by atoms with van der Waals surface area (Å²) in [4.78, 5) is 10.8. The van der Waals surface area contributed by atoms with Crippen LogP contribution >= 0.6 is 0 Å². The highest BCUT2D eigenvalue weighted by atomic mass is 16.4. The fourth-order valence-electron chi connectivity index (χ4n) is 2.73. The van der Waals surface area contributed by atoms with Crippen LogP contribution in [0.25, 0.3) is 0 Å². The van der Waals surface area contributed by atoms with Gasteiger partial charge in [0.05, 0.1) is 0 Å². The molecule has 1 aliphatic heterocycles. The lowest BCUT2D eigenvalue weighted by Crippen LogP contribution is -2.48. The monoisotopic (exact) mass is 183 g/mol. The van der Waals surface area contributed by atoms with Crippen molar-refractivity contribution in [3.8, 4) is 0 Å². The fourth-order valence-corrected chi connectivity index (χ4v) is 2.73. The van der Waals surface area contributed by atoms with E-state index in [1.807, 2.05) is 0 Å². The maximum Gasteiger partial charge on any atom is 0.320 e. The molecule has 0 aromatic carbocycles. The third kappa shape index (κ3) is 1.85. The molecule has 1 saturated heterocycles. The molecular formula is C10H17NO2. The average Bonchev–Trinajstić information content (AvgIpc) is 2.17. The van der Waals surface area contributed by atoms with E-state index in [1.165, 1.54) is 25.7 Å². The van der Waals surface area contributed by atoms with Crippen LogP contribution in [0.1, 0.15) is 32.1 Å². The Balaban J connectivity index is 1.95. The molecule has 1 unspecified atom stereocenters. The Bertz CT molecular complexity index is 205. The summed E-state index contributed by atoms with van der Waals surface area (Å²) in [6.07, 6.45) is 6.02. The van der Waals surface area contributed by atoms with Gasteiger partial charge in [0.25, 0.3) is 0 Å². The predicted octanol–water partition coefficient (Wildman–Crippen LogP) is 1.24. The molecule has 2 aliphatic rings. The molecule has 1 aliphatic carbocycles. The van der Waals surface area contributed by atoms with Crippen molar-refractivity contribution in [2.75, 3.05) is 6.54 Å². The zero-order valence-corrected chi connectivity index (χ0v) is 7.83. The van der Waals surface area contributed by atoms with Crippen molar-refractivity contribution < 1.29 is 9.90 Å². The van der Waals surface area contributed by atoms with Gasteiger partial charge >= 0.3 is 5.97 Å². The van der Waals surface area contributed by atoms with Gasteiger partial charge in [-0.05, 0) is 31.2 Å². The second-order valence-electron chi connectivity index (χ2n) is 4.34. The Labute approximate surface area is 78.5 Å². The largest absolute Gasteiger partial charge is 0.480 e. The van der Waals surface area contributed by atoms with E-state index in [-0.39, 0.29) is 6.04 Å². The van der Waals surface area contributed by atoms with E-state index in [2.05, 4.69) is 5.32 Å². The summed E-state index contributed by atoms with van der Waals surface area (Å²) in [5.74, 6) is 0.754. The summed E-state index contributed by atoms with van der Waals surface area (Å²) in [7, 11) is 0. The summed E-state index contributed by atoms with van der Waals surface area (Å²) in [6, 6.07) is -0.278. The quantitative estimate of drug-likeness (QED) is 0.643. The lowest BCUT2D eigenvalue weighted by atomic mass is 9.74. The zero-order valence-electron chi connectivity index (χ0n) is 7.83. The highest BCUT2D eigenvalue weighted by Crippen LogP contribution is 2.35. The van der Waals surface area contributed by atoms with Crippen molar-refractivity contribution in [3.05, 3.63) is 0 Å². The van der Waals surface area contributed by atoms with E-state index in [0.717, 1.165) is 18.9 Å². The van der Waals surface area contributed by atoms with Crippen molar-refractivity contribution in [2.45, 2.75) is 38.1 Å². The Morgan fingerprint density at radius 1 is 1.23 bits per heavy atom. The number of nitrogens with one attached hydrogen (secondary N) is 1. The molecular weight excluding hydrogens is 166 g/mol. The minimum Gasteiger partial charge on any atom is -0.480 e. The third-order valence-electron chi connectivity index (χ3n) is 3.53. The number of carboxylic acids is 1. The number of fused-ring (bicyclic) bond motifs is 1. The van der Waals surface area contributed by atoms with E-state index in [1.54, 1.807) is 0 Å². The minimum absolute atomic E-state index is 0.278. The smallest absolute Gasteiger partial charge is 0.320 e. The Kier molecular flexibility index (Phi) is 2.54. The number of piperidine rings is 1. The first kappa shape index (κ1) is 9.00. The van der Waals surface area contributed by atoms with Gasteiger partial charge in [-0.3, -0.25) is 4.79 Å². The van der Waals surface area contributed by atoms with Crippen LogP contribution in [-0.4, -0.2) is 23.7 Å². The number of hydrogen-bond donors (Lipinski definition) is 2. The standard InChI is InChI=1S/C10H17NO2/c12-10(13)9-5-7-3-1-2-4-8(7)6-11-9/h7-9,11H,1-6H2,(H,12,13)/t7-,8?,9+/m1/s1. The van der Waals surface area contributed by atoms with Gasteiger partial charge < -0.3 is 10.4 Å². The molecule has 0 aromatic heterocycles. The van der Waals surface area contributed by atoms with E-state index < -0.39 is 5.97 Å². The summed E-state index contributed by atoms with van der Waals surface area (Å²) >= 11 is 0. The molecule has 74 valence electrons. The molecule has 2 N–H and O–H groups in total. The molecule has 2 fully saturated rings. The van der Waals surface area contributed by atoms with Gasteiger partial charge in [-0.15, -0.1) is 0 Å². The lowest BCUT2D eigenvalue weighted by molar-refractivity contribution is -0.141. The van der Waals surface area contributed by atoms with Crippen LogP contribution in [0.4, 0.5) is 0 Å². The van der Waals surface area contributed by atoms with Crippen LogP contribution < -0.4 is 5.32 Å². The Morgan fingerprint density at radius 3 is 2.62 bits per heavy atom. The van der Waals surface area contributed by atoms with Gasteiger partial charge in [-0.1, -0.05) is 19.3 Å². The van der Waals surface area contributed by atoms with Gasteiger partial charge in [-0.2, -0.15) is 0 Å². The Morgan fingerprint density at radius 2 is 1.92 bits per heavy atom. The summed E-state index contributed by atoms with van der Waals surface area (Å²) in [6.45, 7) is 0.918. The van der Waals surface area contributed by atoms with E-state index in [0.29, 0.717) is 5.92 Å². The molecule has 2 rings (SSSR count). The molecule has 0 aromatic rings. The molecule has 3 nitrogen and oxygen atoms in total. The van der Waals surface area contributed by atoms with Crippen molar-refractivity contribution in [3.63, 3.8) is 0 Å². The molecule has 3 heteroatoms. The molecule has 1 heterocycles. The SMILES string of the molecule is O=C(O)[C@@H]1C[C@H]2CCCCC2CN1. The van der Waals surface area contributed by atoms with Crippen molar-refractivity contribution >= 4 is 5.97 Å². The van der Waals surface area contributed by atoms with Crippen LogP contribution in [0.5, 0.6) is 0 Å². The molecule has 1 saturated carbocycles. The first-order valence-electron chi connectivity index (χ1n) is 5.23. The van der Waals surface area contributed by atoms with Crippen molar-refractivity contribution in [1.82, 2.24) is 5.32 Å². The van der Waals surface area contributed by atoms with E-state index >= 15 is 0 Å². The van der Waals surface area contributed by atoms with Crippen LogP contribution in [-0.2, 0) is 4.79 Å². The summed E-state index contributed by atoms with van der Waals surface area (Å²) < 4.78 is 0. The maximum absolute atomic E-state index is 10.8. The topological polar surface area (TPSA) is 49.3 Å². The minimum atomic E-state index is -0.677. The fraction of sp³-hybridized carbons (Fsp3) is 0.900. The van der Waals surface area contributed by atoms with Gasteiger partial charge in [0.1, 0.15) is 6.04 Å². The molecule has 0 bridgehead atoms. The van der Waals surface area contributed by atoms with Crippen LogP contribution in [0.3, 0.4) is 0 Å². The van der Waals surface area contributed by atoms with Crippen molar-refractivity contribution in [2.24, 2.45) is 11.8 Å². The normalized spacial score (nSPS) is 39.5. The maximum atomic E-state index is 10.8. The number of rotatable bonds is 1. The number of carboxylic acid groups (broad SMARTS) is 1. The average molecular weight is 183 g/mol. The molecule has 0 spiro atoms. The van der Waals surface area contributed by atoms with Gasteiger partial charge in [0, 0.05) is 0 Å². The Hall–Kier alpha value is -0.570. The molecule has 0 radical (unpaired) electrons. The number of carbonyl (C=O) groups is 1. The molecule has 3 atom stereocenters. The summed E-state index contributed by atoms with van der Waals surface area (Å²) in [5.41, 5.74) is 0. The molecule has 0 amide bonds. The highest BCUT2D eigenvalue weighted by molar-refractivity contribution is 5.73. The molecule has 13 heavy (non-hydrogen) atoms. The van der Waals surface area contributed by atoms with Gasteiger partial charge in [0.2, 0.25) is 0 Å². The van der Waals surface area contributed by atoms with Gasteiger partial charge in [-0.25, -0.2) is 0 Å². The lowest BCUT2D eigenvalue weighted by Gasteiger charge is -2.38. The van der Waals surface area contributed by atoms with E-state index in [9.17, 15) is 4.79 Å². The zero-order chi connectivity index (χ0) is 9.26. The highest BCUT2D eigenvalue weighted by Gasteiger charge is 2.34. The first-order valence-corrected chi connectivity index (χ1v) is 5.23. The van der Waals surface area contributed by atoms with Gasteiger partial charge in [0.15, 0.2) is 0 Å². The van der Waals surface area contributed by atoms with Crippen LogP contribution in [0, 0.1) is 11.8 Å².